The lowest BCUT2D eigenvalue weighted by Crippen LogP contribution is -2.14. The van der Waals surface area contributed by atoms with Crippen molar-refractivity contribution in [2.24, 2.45) is 0 Å². The van der Waals surface area contributed by atoms with Gasteiger partial charge in [-0.3, -0.25) is 0 Å². The normalized spacial score (nSPS) is 12.1. The van der Waals surface area contributed by atoms with Gasteiger partial charge in [-0.15, -0.1) is 5.10 Å². The first-order valence-electron chi connectivity index (χ1n) is 4.06. The molecule has 0 atom stereocenters. The highest BCUT2D eigenvalue weighted by Gasteiger charge is 2.24. The average Bonchev–Trinajstić information content (AvgIpc) is 2.29. The fourth-order valence-electron chi connectivity index (χ4n) is 0.963. The van der Waals surface area contributed by atoms with E-state index in [9.17, 15) is 4.39 Å². The van der Waals surface area contributed by atoms with Gasteiger partial charge < -0.3 is 0 Å². The maximum absolute atomic E-state index is 13.4. The predicted molar refractivity (Wildman–Crippen MR) is 44.4 cm³/mol. The van der Waals surface area contributed by atoms with E-state index in [1.807, 2.05) is 27.7 Å². The maximum Gasteiger partial charge on any atom is 0.235 e. The van der Waals surface area contributed by atoms with Crippen molar-refractivity contribution in [2.45, 2.75) is 39.7 Å². The van der Waals surface area contributed by atoms with Crippen LogP contribution in [0.4, 0.5) is 4.39 Å². The van der Waals surface area contributed by atoms with Crippen LogP contribution in [0.1, 0.15) is 33.4 Å². The van der Waals surface area contributed by atoms with Crippen LogP contribution in [-0.4, -0.2) is 15.0 Å². The quantitative estimate of drug-likeness (QED) is 0.644. The fraction of sp³-hybridized carbons (Fsp3) is 0.750. The molecule has 0 bridgehead atoms. The molecule has 1 aromatic rings. The molecule has 0 aliphatic heterocycles. The van der Waals surface area contributed by atoms with Gasteiger partial charge in [0.25, 0.3) is 0 Å². The van der Waals surface area contributed by atoms with Crippen molar-refractivity contribution in [3.8, 4) is 0 Å². The first kappa shape index (κ1) is 9.16. The standard InChI is InChI=1S/C8H14FN3/c1-5-12-7(9)6(10-11-12)8(2,3)4/h5H2,1-4H3. The van der Waals surface area contributed by atoms with Crippen LogP contribution in [0.15, 0.2) is 0 Å². The summed E-state index contributed by atoms with van der Waals surface area (Å²) < 4.78 is 14.6. The smallest absolute Gasteiger partial charge is 0.219 e. The lowest BCUT2D eigenvalue weighted by atomic mass is 9.93. The molecule has 0 saturated heterocycles. The van der Waals surface area contributed by atoms with Crippen LogP contribution in [0.25, 0.3) is 0 Å². The van der Waals surface area contributed by atoms with Crippen LogP contribution >= 0.6 is 0 Å². The molecule has 1 heterocycles. The Morgan fingerprint density at radius 1 is 1.42 bits per heavy atom. The molecule has 0 amide bonds. The second kappa shape index (κ2) is 2.84. The number of halogens is 1. The number of hydrogen-bond acceptors (Lipinski definition) is 2. The van der Waals surface area contributed by atoms with Gasteiger partial charge in [-0.1, -0.05) is 26.0 Å². The van der Waals surface area contributed by atoms with Crippen LogP contribution in [0.2, 0.25) is 0 Å². The Balaban J connectivity index is 3.11. The Kier molecular flexibility index (Phi) is 2.17. The van der Waals surface area contributed by atoms with Gasteiger partial charge in [0.1, 0.15) is 5.69 Å². The van der Waals surface area contributed by atoms with E-state index in [0.717, 1.165) is 0 Å². The summed E-state index contributed by atoms with van der Waals surface area (Å²) in [7, 11) is 0. The van der Waals surface area contributed by atoms with Gasteiger partial charge in [0.15, 0.2) is 0 Å². The topological polar surface area (TPSA) is 30.7 Å². The third-order valence-corrected chi connectivity index (χ3v) is 1.68. The van der Waals surface area contributed by atoms with E-state index in [4.69, 9.17) is 0 Å². The van der Waals surface area contributed by atoms with Crippen molar-refractivity contribution in [3.05, 3.63) is 11.6 Å². The molecule has 0 saturated carbocycles. The third-order valence-electron chi connectivity index (χ3n) is 1.68. The number of nitrogens with zero attached hydrogens (tertiary/aromatic N) is 3. The second-order valence-electron chi connectivity index (χ2n) is 3.79. The molecule has 0 spiro atoms. The Bertz CT molecular complexity index is 272. The van der Waals surface area contributed by atoms with E-state index in [2.05, 4.69) is 10.3 Å². The van der Waals surface area contributed by atoms with Gasteiger partial charge in [-0.05, 0) is 6.92 Å². The molecular formula is C8H14FN3. The van der Waals surface area contributed by atoms with Gasteiger partial charge in [0.05, 0.1) is 0 Å². The summed E-state index contributed by atoms with van der Waals surface area (Å²) in [5, 5.41) is 7.49. The van der Waals surface area contributed by atoms with Crippen molar-refractivity contribution in [3.63, 3.8) is 0 Å². The van der Waals surface area contributed by atoms with E-state index in [1.54, 1.807) is 0 Å². The zero-order valence-corrected chi connectivity index (χ0v) is 7.93. The Morgan fingerprint density at radius 2 is 2.00 bits per heavy atom. The van der Waals surface area contributed by atoms with Crippen molar-refractivity contribution in [1.82, 2.24) is 15.0 Å². The predicted octanol–water partition coefficient (Wildman–Crippen LogP) is 1.73. The van der Waals surface area contributed by atoms with Gasteiger partial charge in [-0.25, -0.2) is 4.68 Å². The molecule has 0 aliphatic rings. The fourth-order valence-corrected chi connectivity index (χ4v) is 0.963. The molecule has 12 heavy (non-hydrogen) atoms. The first-order chi connectivity index (χ1) is 5.46. The van der Waals surface area contributed by atoms with Gasteiger partial charge >= 0.3 is 0 Å². The third kappa shape index (κ3) is 1.47. The molecule has 0 aliphatic carbocycles. The lowest BCUT2D eigenvalue weighted by molar-refractivity contribution is 0.442. The van der Waals surface area contributed by atoms with Crippen LogP contribution in [0, 0.1) is 5.95 Å². The van der Waals surface area contributed by atoms with Crippen LogP contribution in [0.5, 0.6) is 0 Å². The van der Waals surface area contributed by atoms with Crippen molar-refractivity contribution >= 4 is 0 Å². The Hall–Kier alpha value is -0.930. The number of aryl methyl sites for hydroxylation is 1. The summed E-state index contributed by atoms with van der Waals surface area (Å²) in [4.78, 5) is 0. The molecular weight excluding hydrogens is 157 g/mol. The van der Waals surface area contributed by atoms with E-state index >= 15 is 0 Å². The summed E-state index contributed by atoms with van der Waals surface area (Å²) in [5.41, 5.74) is 0.168. The average molecular weight is 171 g/mol. The Labute approximate surface area is 71.6 Å². The van der Waals surface area contributed by atoms with Gasteiger partial charge in [0.2, 0.25) is 5.95 Å². The minimum atomic E-state index is -0.315. The highest BCUT2D eigenvalue weighted by atomic mass is 19.1. The first-order valence-corrected chi connectivity index (χ1v) is 4.06. The van der Waals surface area contributed by atoms with E-state index in [1.165, 1.54) is 4.68 Å². The minimum Gasteiger partial charge on any atom is -0.219 e. The molecule has 0 N–H and O–H groups in total. The summed E-state index contributed by atoms with van der Waals surface area (Å²) in [5.74, 6) is -0.315. The summed E-state index contributed by atoms with van der Waals surface area (Å²) >= 11 is 0. The second-order valence-corrected chi connectivity index (χ2v) is 3.79. The highest BCUT2D eigenvalue weighted by molar-refractivity contribution is 5.08. The molecule has 1 rings (SSSR count). The van der Waals surface area contributed by atoms with Crippen molar-refractivity contribution < 1.29 is 4.39 Å². The van der Waals surface area contributed by atoms with Crippen LogP contribution in [0.3, 0.4) is 0 Å². The number of aromatic nitrogens is 3. The number of rotatable bonds is 1. The molecule has 1 aromatic heterocycles. The molecule has 4 heteroatoms. The SMILES string of the molecule is CCn1nnc(C(C)(C)C)c1F. The maximum atomic E-state index is 13.4. The zero-order chi connectivity index (χ0) is 9.35. The van der Waals surface area contributed by atoms with Crippen LogP contribution in [-0.2, 0) is 12.0 Å². The van der Waals surface area contributed by atoms with E-state index in [0.29, 0.717) is 12.2 Å². The molecule has 3 nitrogen and oxygen atoms in total. The molecule has 0 aromatic carbocycles. The molecule has 68 valence electrons. The van der Waals surface area contributed by atoms with Gasteiger partial charge in [0, 0.05) is 12.0 Å². The highest BCUT2D eigenvalue weighted by Crippen LogP contribution is 2.21. The summed E-state index contributed by atoms with van der Waals surface area (Å²) in [6, 6.07) is 0. The lowest BCUT2D eigenvalue weighted by Gasteiger charge is -2.13. The molecule has 0 unspecified atom stereocenters. The Morgan fingerprint density at radius 3 is 2.25 bits per heavy atom. The summed E-state index contributed by atoms with van der Waals surface area (Å²) in [6.07, 6.45) is 0. The van der Waals surface area contributed by atoms with E-state index < -0.39 is 0 Å². The molecule has 0 fully saturated rings. The van der Waals surface area contributed by atoms with Crippen LogP contribution < -0.4 is 0 Å². The van der Waals surface area contributed by atoms with E-state index in [-0.39, 0.29) is 11.4 Å². The number of hydrogen-bond donors (Lipinski definition) is 0. The zero-order valence-electron chi connectivity index (χ0n) is 7.93. The van der Waals surface area contributed by atoms with Crippen molar-refractivity contribution in [1.29, 1.82) is 0 Å². The molecule has 0 radical (unpaired) electrons. The van der Waals surface area contributed by atoms with Gasteiger partial charge in [-0.2, -0.15) is 4.39 Å². The summed E-state index contributed by atoms with van der Waals surface area (Å²) in [6.45, 7) is 8.11. The minimum absolute atomic E-state index is 0.266. The monoisotopic (exact) mass is 171 g/mol. The van der Waals surface area contributed by atoms with Crippen molar-refractivity contribution in [2.75, 3.05) is 0 Å². The largest absolute Gasteiger partial charge is 0.235 e.